The Morgan fingerprint density at radius 1 is 1.26 bits per heavy atom. The molecule has 1 aromatic heterocycles. The minimum atomic E-state index is -0.253. The third-order valence-electron chi connectivity index (χ3n) is 5.68. The first kappa shape index (κ1) is 20.9. The highest BCUT2D eigenvalue weighted by molar-refractivity contribution is 6.05. The van der Waals surface area contributed by atoms with Gasteiger partial charge in [-0.05, 0) is 38.4 Å². The largest absolute Gasteiger partial charge is 0.324 e. The van der Waals surface area contributed by atoms with Crippen LogP contribution >= 0.6 is 0 Å². The molecule has 0 bridgehead atoms. The third-order valence-corrected chi connectivity index (χ3v) is 5.68. The summed E-state index contributed by atoms with van der Waals surface area (Å²) in [7, 11) is 0. The summed E-state index contributed by atoms with van der Waals surface area (Å²) in [4.78, 5) is 49.9. The molecule has 2 aliphatic heterocycles. The summed E-state index contributed by atoms with van der Waals surface area (Å²) in [6.07, 6.45) is 6.42. The fourth-order valence-electron chi connectivity index (χ4n) is 4.24. The minimum Gasteiger partial charge on any atom is -0.324 e. The fraction of sp³-hybridized carbons (Fsp3) is 0.409. The predicted octanol–water partition coefficient (Wildman–Crippen LogP) is 1.89. The average molecular weight is 422 g/mol. The smallest absolute Gasteiger partial charge is 0.241 e. The number of likely N-dealkylation sites (tertiary alicyclic amines) is 1. The van der Waals surface area contributed by atoms with Gasteiger partial charge in [-0.1, -0.05) is 12.1 Å². The summed E-state index contributed by atoms with van der Waals surface area (Å²) in [5.41, 5.74) is 1.35. The van der Waals surface area contributed by atoms with Gasteiger partial charge in [0, 0.05) is 31.4 Å². The molecule has 9 nitrogen and oxygen atoms in total. The van der Waals surface area contributed by atoms with Crippen LogP contribution in [0.1, 0.15) is 26.2 Å². The van der Waals surface area contributed by atoms with Crippen molar-refractivity contribution in [3.05, 3.63) is 42.9 Å². The summed E-state index contributed by atoms with van der Waals surface area (Å²) in [5.74, 6) is -0.0881. The van der Waals surface area contributed by atoms with E-state index in [-0.39, 0.29) is 42.6 Å². The van der Waals surface area contributed by atoms with Crippen LogP contribution in [0.2, 0.25) is 0 Å². The summed E-state index contributed by atoms with van der Waals surface area (Å²) in [6.45, 7) is 3.33. The van der Waals surface area contributed by atoms with E-state index in [4.69, 9.17) is 0 Å². The lowest BCUT2D eigenvalue weighted by molar-refractivity contribution is -0.125. The molecule has 0 radical (unpaired) electrons. The predicted molar refractivity (Wildman–Crippen MR) is 116 cm³/mol. The first-order valence-corrected chi connectivity index (χ1v) is 10.5. The number of carbonyl (C=O) groups excluding carboxylic acids is 3. The molecule has 0 unspecified atom stereocenters. The van der Waals surface area contributed by atoms with Crippen LogP contribution in [0.15, 0.2) is 42.9 Å². The van der Waals surface area contributed by atoms with Crippen molar-refractivity contribution in [2.75, 3.05) is 35.2 Å². The molecule has 0 spiro atoms. The summed E-state index contributed by atoms with van der Waals surface area (Å²) < 4.78 is 0. The Balaban J connectivity index is 1.43. The molecule has 3 heterocycles. The van der Waals surface area contributed by atoms with Gasteiger partial charge in [0.1, 0.15) is 0 Å². The van der Waals surface area contributed by atoms with Crippen LogP contribution in [0.3, 0.4) is 0 Å². The SMILES string of the molecule is C[C@H]1CC(=O)Nc2ccccc2N1C(=O)CN1CCC[C@H](C(=O)Nc2cnccn2)C1. The zero-order valence-corrected chi connectivity index (χ0v) is 17.5. The molecule has 9 heteroatoms. The van der Waals surface area contributed by atoms with E-state index in [9.17, 15) is 14.4 Å². The number of benzene rings is 1. The maximum absolute atomic E-state index is 13.3. The number of amides is 3. The maximum atomic E-state index is 13.3. The molecule has 0 saturated carbocycles. The molecular weight excluding hydrogens is 396 g/mol. The van der Waals surface area contributed by atoms with Crippen molar-refractivity contribution in [2.45, 2.75) is 32.2 Å². The second kappa shape index (κ2) is 9.22. The van der Waals surface area contributed by atoms with Gasteiger partial charge in [-0.25, -0.2) is 4.98 Å². The molecule has 2 aromatic rings. The molecule has 1 fully saturated rings. The number of aromatic nitrogens is 2. The van der Waals surface area contributed by atoms with Crippen LogP contribution < -0.4 is 15.5 Å². The van der Waals surface area contributed by atoms with E-state index in [0.717, 1.165) is 19.4 Å². The second-order valence-electron chi connectivity index (χ2n) is 8.04. The molecule has 0 aliphatic carbocycles. The normalized spacial score (nSPS) is 21.6. The van der Waals surface area contributed by atoms with Crippen molar-refractivity contribution in [2.24, 2.45) is 5.92 Å². The van der Waals surface area contributed by atoms with Crippen molar-refractivity contribution in [3.8, 4) is 0 Å². The van der Waals surface area contributed by atoms with Crippen molar-refractivity contribution in [1.82, 2.24) is 14.9 Å². The standard InChI is InChI=1S/C22H26N6O3/c1-15-11-20(29)25-17-6-2-3-7-18(17)28(15)21(30)14-27-10-4-5-16(13-27)22(31)26-19-12-23-8-9-24-19/h2-3,6-9,12,15-16H,4-5,10-11,13-14H2,1H3,(H,25,29)(H,24,26,31)/t15-,16-/m0/s1. The molecule has 31 heavy (non-hydrogen) atoms. The van der Waals surface area contributed by atoms with Gasteiger partial charge in [0.15, 0.2) is 5.82 Å². The summed E-state index contributed by atoms with van der Waals surface area (Å²) >= 11 is 0. The van der Waals surface area contributed by atoms with Gasteiger partial charge in [0.2, 0.25) is 17.7 Å². The van der Waals surface area contributed by atoms with Crippen LogP contribution in [0, 0.1) is 5.92 Å². The van der Waals surface area contributed by atoms with Crippen LogP contribution in [-0.4, -0.2) is 58.3 Å². The van der Waals surface area contributed by atoms with Gasteiger partial charge in [0.25, 0.3) is 0 Å². The Bertz CT molecular complexity index is 967. The van der Waals surface area contributed by atoms with E-state index in [0.29, 0.717) is 23.7 Å². The number of rotatable bonds is 4. The molecule has 162 valence electrons. The Morgan fingerprint density at radius 3 is 2.90 bits per heavy atom. The lowest BCUT2D eigenvalue weighted by atomic mass is 9.97. The third kappa shape index (κ3) is 4.88. The lowest BCUT2D eigenvalue weighted by Gasteiger charge is -2.34. The molecule has 1 saturated heterocycles. The van der Waals surface area contributed by atoms with Gasteiger partial charge < -0.3 is 15.5 Å². The Morgan fingerprint density at radius 2 is 2.10 bits per heavy atom. The monoisotopic (exact) mass is 422 g/mol. The highest BCUT2D eigenvalue weighted by Crippen LogP contribution is 2.31. The van der Waals surface area contributed by atoms with Crippen molar-refractivity contribution in [1.29, 1.82) is 0 Å². The van der Waals surface area contributed by atoms with E-state index in [2.05, 4.69) is 20.6 Å². The zero-order chi connectivity index (χ0) is 21.8. The summed E-state index contributed by atoms with van der Waals surface area (Å²) in [5, 5.41) is 5.68. The molecule has 3 amide bonds. The quantitative estimate of drug-likeness (QED) is 0.779. The van der Waals surface area contributed by atoms with Crippen molar-refractivity contribution >= 4 is 34.9 Å². The van der Waals surface area contributed by atoms with E-state index in [1.807, 2.05) is 30.0 Å². The highest BCUT2D eigenvalue weighted by Gasteiger charge is 2.32. The van der Waals surface area contributed by atoms with Crippen LogP contribution in [0.5, 0.6) is 0 Å². The van der Waals surface area contributed by atoms with E-state index in [1.165, 1.54) is 12.4 Å². The number of anilines is 3. The highest BCUT2D eigenvalue weighted by atomic mass is 16.2. The molecular formula is C22H26N6O3. The molecule has 1 aromatic carbocycles. The second-order valence-corrected chi connectivity index (χ2v) is 8.04. The average Bonchev–Trinajstić information content (AvgIpc) is 2.88. The zero-order valence-electron chi connectivity index (χ0n) is 17.5. The maximum Gasteiger partial charge on any atom is 0.241 e. The van der Waals surface area contributed by atoms with E-state index in [1.54, 1.807) is 17.2 Å². The Labute approximate surface area is 180 Å². The van der Waals surface area contributed by atoms with E-state index < -0.39 is 0 Å². The van der Waals surface area contributed by atoms with Gasteiger partial charge >= 0.3 is 0 Å². The number of carbonyl (C=O) groups is 3. The fourth-order valence-corrected chi connectivity index (χ4v) is 4.24. The number of hydrogen-bond donors (Lipinski definition) is 2. The molecule has 2 aliphatic rings. The number of nitrogens with one attached hydrogen (secondary N) is 2. The number of fused-ring (bicyclic) bond motifs is 1. The number of para-hydroxylation sites is 2. The lowest BCUT2D eigenvalue weighted by Crippen LogP contribution is -2.48. The van der Waals surface area contributed by atoms with Crippen LogP contribution in [0.25, 0.3) is 0 Å². The van der Waals surface area contributed by atoms with E-state index >= 15 is 0 Å². The molecule has 2 atom stereocenters. The van der Waals surface area contributed by atoms with Crippen molar-refractivity contribution in [3.63, 3.8) is 0 Å². The first-order valence-electron chi connectivity index (χ1n) is 10.5. The topological polar surface area (TPSA) is 108 Å². The van der Waals surface area contributed by atoms with Gasteiger partial charge in [-0.3, -0.25) is 24.3 Å². The number of piperidine rings is 1. The Hall–Kier alpha value is -3.33. The van der Waals surface area contributed by atoms with Gasteiger partial charge in [0.05, 0.1) is 30.0 Å². The van der Waals surface area contributed by atoms with Crippen molar-refractivity contribution < 1.29 is 14.4 Å². The molecule has 4 rings (SSSR count). The molecule has 2 N–H and O–H groups in total. The van der Waals surface area contributed by atoms with Crippen LogP contribution in [0.4, 0.5) is 17.2 Å². The minimum absolute atomic E-state index is 0.0774. The summed E-state index contributed by atoms with van der Waals surface area (Å²) in [6, 6.07) is 7.10. The van der Waals surface area contributed by atoms with Gasteiger partial charge in [-0.15, -0.1) is 0 Å². The Kier molecular flexibility index (Phi) is 6.22. The first-order chi connectivity index (χ1) is 15.0. The van der Waals surface area contributed by atoms with Gasteiger partial charge in [-0.2, -0.15) is 0 Å². The van der Waals surface area contributed by atoms with Crippen LogP contribution in [-0.2, 0) is 14.4 Å². The number of hydrogen-bond acceptors (Lipinski definition) is 6. The number of nitrogens with zero attached hydrogens (tertiary/aromatic N) is 4.